The van der Waals surface area contributed by atoms with Crippen molar-refractivity contribution < 1.29 is 22.8 Å². The first-order valence-electron chi connectivity index (χ1n) is 15.6. The minimum absolute atomic E-state index is 0.0656. The molecule has 2 aromatic heterocycles. The standard InChI is InChI=1S/C36H34F3N5O2/c37-36(38,39)35(46)44(22-24-14-16-40-30-12-6-4-10-27(24)30)25-15-17-43(26(19-25)18-23-8-2-1-3-9-23)34(45)32-20-29-28-11-5-7-13-31(28)42-33(29)21-41-32/h1-14,16,25-26,32,41-42H,15,17-22H2/t25-,26+,32?/m0/s1. The van der Waals surface area contributed by atoms with E-state index in [0.717, 1.165) is 32.6 Å². The van der Waals surface area contributed by atoms with Crippen molar-refractivity contribution >= 4 is 33.6 Å². The quantitative estimate of drug-likeness (QED) is 0.246. The van der Waals surface area contributed by atoms with Gasteiger partial charge in [-0.05, 0) is 60.6 Å². The summed E-state index contributed by atoms with van der Waals surface area (Å²) in [6.07, 6.45) is -2.01. The molecule has 46 heavy (non-hydrogen) atoms. The van der Waals surface area contributed by atoms with E-state index in [2.05, 4.69) is 21.4 Å². The van der Waals surface area contributed by atoms with Crippen molar-refractivity contribution in [1.29, 1.82) is 0 Å². The second-order valence-corrected chi connectivity index (χ2v) is 12.2. The number of aromatic amines is 1. The predicted molar refractivity (Wildman–Crippen MR) is 170 cm³/mol. The Morgan fingerprint density at radius 3 is 2.48 bits per heavy atom. The van der Waals surface area contributed by atoms with Crippen LogP contribution >= 0.6 is 0 Å². The first-order chi connectivity index (χ1) is 22.3. The molecule has 7 nitrogen and oxygen atoms in total. The zero-order valence-electron chi connectivity index (χ0n) is 25.1. The highest BCUT2D eigenvalue weighted by Gasteiger charge is 2.47. The summed E-state index contributed by atoms with van der Waals surface area (Å²) in [6, 6.07) is 25.0. The molecule has 7 rings (SSSR count). The third kappa shape index (κ3) is 5.85. The first kappa shape index (κ1) is 30.0. The van der Waals surface area contributed by atoms with Gasteiger partial charge in [0, 0.05) is 59.9 Å². The maximum absolute atomic E-state index is 14.2. The average molecular weight is 626 g/mol. The molecule has 0 aliphatic carbocycles. The Kier molecular flexibility index (Phi) is 7.98. The average Bonchev–Trinajstić information content (AvgIpc) is 3.45. The van der Waals surface area contributed by atoms with Crippen LogP contribution in [0.5, 0.6) is 0 Å². The number of H-pyrrole nitrogens is 1. The number of pyridine rings is 1. The van der Waals surface area contributed by atoms with Crippen molar-refractivity contribution in [3.8, 4) is 0 Å². The number of nitrogens with one attached hydrogen (secondary N) is 2. The number of halogens is 3. The molecule has 1 saturated heterocycles. The van der Waals surface area contributed by atoms with Crippen LogP contribution in [0.25, 0.3) is 21.8 Å². The maximum Gasteiger partial charge on any atom is 0.471 e. The van der Waals surface area contributed by atoms with Crippen LogP contribution in [0.3, 0.4) is 0 Å². The highest BCUT2D eigenvalue weighted by Crippen LogP contribution is 2.33. The fourth-order valence-corrected chi connectivity index (χ4v) is 7.21. The molecule has 236 valence electrons. The Bertz CT molecular complexity index is 1880. The monoisotopic (exact) mass is 625 g/mol. The number of piperidine rings is 1. The molecule has 0 saturated carbocycles. The van der Waals surface area contributed by atoms with Gasteiger partial charge in [-0.2, -0.15) is 13.2 Å². The van der Waals surface area contributed by atoms with E-state index >= 15 is 0 Å². The Hall–Kier alpha value is -4.70. The van der Waals surface area contributed by atoms with Crippen molar-refractivity contribution in [3.63, 3.8) is 0 Å². The lowest BCUT2D eigenvalue weighted by Crippen LogP contribution is -2.59. The molecule has 2 aliphatic heterocycles. The van der Waals surface area contributed by atoms with Crippen molar-refractivity contribution in [2.75, 3.05) is 6.54 Å². The van der Waals surface area contributed by atoms with Gasteiger partial charge in [0.1, 0.15) is 0 Å². The molecule has 0 bridgehead atoms. The van der Waals surface area contributed by atoms with Crippen LogP contribution in [0, 0.1) is 0 Å². The van der Waals surface area contributed by atoms with E-state index in [1.165, 1.54) is 0 Å². The zero-order valence-corrected chi connectivity index (χ0v) is 25.1. The molecule has 4 heterocycles. The van der Waals surface area contributed by atoms with E-state index in [-0.39, 0.29) is 31.8 Å². The summed E-state index contributed by atoms with van der Waals surface area (Å²) in [4.78, 5) is 37.8. The summed E-state index contributed by atoms with van der Waals surface area (Å²) in [6.45, 7) is 0.568. The van der Waals surface area contributed by atoms with Crippen LogP contribution in [-0.2, 0) is 35.5 Å². The third-order valence-electron chi connectivity index (χ3n) is 9.44. The lowest BCUT2D eigenvalue weighted by molar-refractivity contribution is -0.190. The number of carbonyl (C=O) groups is 2. The Morgan fingerprint density at radius 1 is 0.935 bits per heavy atom. The summed E-state index contributed by atoms with van der Waals surface area (Å²) in [5.41, 5.74) is 5.45. The number of amides is 2. The van der Waals surface area contributed by atoms with Crippen LogP contribution in [0.4, 0.5) is 13.2 Å². The summed E-state index contributed by atoms with van der Waals surface area (Å²) in [7, 11) is 0. The van der Waals surface area contributed by atoms with Crippen molar-refractivity contribution in [2.24, 2.45) is 0 Å². The minimum Gasteiger partial charge on any atom is -0.357 e. The summed E-state index contributed by atoms with van der Waals surface area (Å²) < 4.78 is 42.3. The van der Waals surface area contributed by atoms with Gasteiger partial charge < -0.3 is 14.8 Å². The van der Waals surface area contributed by atoms with Gasteiger partial charge in [-0.1, -0.05) is 66.7 Å². The largest absolute Gasteiger partial charge is 0.471 e. The van der Waals surface area contributed by atoms with Gasteiger partial charge in [0.2, 0.25) is 5.91 Å². The summed E-state index contributed by atoms with van der Waals surface area (Å²) >= 11 is 0. The second-order valence-electron chi connectivity index (χ2n) is 12.2. The fraction of sp³-hybridized carbons (Fsp3) is 0.306. The lowest BCUT2D eigenvalue weighted by atomic mass is 9.89. The van der Waals surface area contributed by atoms with Crippen LogP contribution < -0.4 is 5.32 Å². The number of nitrogens with zero attached hydrogens (tertiary/aromatic N) is 3. The number of carbonyl (C=O) groups excluding carboxylic acids is 2. The van der Waals surface area contributed by atoms with E-state index in [1.807, 2.05) is 71.6 Å². The SMILES string of the molecule is O=C(C1Cc2c([nH]c3ccccc23)CN1)N1CC[C@H](N(Cc2ccnc3ccccc23)C(=O)C(F)(F)F)C[C@H]1Cc1ccccc1. The van der Waals surface area contributed by atoms with Crippen LogP contribution in [-0.4, -0.2) is 62.4 Å². The van der Waals surface area contributed by atoms with Gasteiger partial charge in [-0.3, -0.25) is 19.9 Å². The lowest BCUT2D eigenvalue weighted by Gasteiger charge is -2.45. The molecule has 10 heteroatoms. The molecule has 3 atom stereocenters. The van der Waals surface area contributed by atoms with Crippen molar-refractivity contribution in [3.05, 3.63) is 114 Å². The Morgan fingerprint density at radius 2 is 1.67 bits per heavy atom. The highest BCUT2D eigenvalue weighted by molar-refractivity contribution is 5.88. The van der Waals surface area contributed by atoms with Gasteiger partial charge in [0.15, 0.2) is 0 Å². The van der Waals surface area contributed by atoms with Crippen LogP contribution in [0.15, 0.2) is 91.1 Å². The topological polar surface area (TPSA) is 81.3 Å². The number of alkyl halides is 3. The molecule has 0 radical (unpaired) electrons. The normalized spacial score (nSPS) is 20.1. The smallest absolute Gasteiger partial charge is 0.357 e. The van der Waals surface area contributed by atoms with Gasteiger partial charge >= 0.3 is 12.1 Å². The van der Waals surface area contributed by atoms with E-state index < -0.39 is 30.2 Å². The molecule has 3 aromatic carbocycles. The number of benzene rings is 3. The van der Waals surface area contributed by atoms with Crippen molar-refractivity contribution in [2.45, 2.75) is 63.1 Å². The van der Waals surface area contributed by atoms with Crippen LogP contribution in [0.1, 0.15) is 35.2 Å². The van der Waals surface area contributed by atoms with Crippen LogP contribution in [0.2, 0.25) is 0 Å². The molecular weight excluding hydrogens is 591 g/mol. The molecule has 2 N–H and O–H groups in total. The van der Waals surface area contributed by atoms with E-state index in [9.17, 15) is 22.8 Å². The zero-order chi connectivity index (χ0) is 31.8. The molecule has 1 unspecified atom stereocenters. The Balaban J connectivity index is 1.18. The molecule has 2 amide bonds. The van der Waals surface area contributed by atoms with Gasteiger partial charge in [-0.15, -0.1) is 0 Å². The second kappa shape index (κ2) is 12.2. The van der Waals surface area contributed by atoms with E-state index in [1.54, 1.807) is 18.3 Å². The number of para-hydroxylation sites is 2. The molecule has 2 aliphatic rings. The molecule has 1 fully saturated rings. The number of likely N-dealkylation sites (tertiary alicyclic amines) is 1. The minimum atomic E-state index is -5.03. The van der Waals surface area contributed by atoms with Gasteiger partial charge in [0.25, 0.3) is 0 Å². The highest BCUT2D eigenvalue weighted by atomic mass is 19.4. The number of aromatic nitrogens is 2. The maximum atomic E-state index is 14.2. The van der Waals surface area contributed by atoms with E-state index in [0.29, 0.717) is 35.9 Å². The number of hydrogen-bond acceptors (Lipinski definition) is 4. The van der Waals surface area contributed by atoms with Crippen molar-refractivity contribution in [1.82, 2.24) is 25.1 Å². The first-order valence-corrected chi connectivity index (χ1v) is 15.6. The molecule has 0 spiro atoms. The number of hydrogen-bond donors (Lipinski definition) is 2. The van der Waals surface area contributed by atoms with Gasteiger partial charge in [0.05, 0.1) is 11.6 Å². The third-order valence-corrected chi connectivity index (χ3v) is 9.44. The number of fused-ring (bicyclic) bond motifs is 4. The molecular formula is C36H34F3N5O2. The van der Waals surface area contributed by atoms with E-state index in [4.69, 9.17) is 0 Å². The fourth-order valence-electron chi connectivity index (χ4n) is 7.21. The number of rotatable bonds is 6. The molecule has 5 aromatic rings. The summed E-state index contributed by atoms with van der Waals surface area (Å²) in [5, 5.41) is 5.20. The Labute approximate surface area is 264 Å². The summed E-state index contributed by atoms with van der Waals surface area (Å²) in [5.74, 6) is -1.93. The predicted octanol–water partition coefficient (Wildman–Crippen LogP) is 5.92. The van der Waals surface area contributed by atoms with Gasteiger partial charge in [-0.25, -0.2) is 0 Å².